The van der Waals surface area contributed by atoms with Crippen molar-refractivity contribution in [2.24, 2.45) is 0 Å². The molecular formula is C15H18N2O3. The van der Waals surface area contributed by atoms with Crippen LogP contribution in [0.4, 0.5) is 5.69 Å². The number of carbonyl (C=O) groups excluding carboxylic acids is 2. The minimum Gasteiger partial charge on any atom is -0.382 e. The Kier molecular flexibility index (Phi) is 3.44. The van der Waals surface area contributed by atoms with Gasteiger partial charge in [-0.15, -0.1) is 0 Å². The largest absolute Gasteiger partial charge is 0.382 e. The standard InChI is InChI=1S/C15H18N2O3/c1-17-14(18)12-6-5-10(8-13(12)15(17)19)16-9-11-4-2-3-7-20-11/h5-6,8,11,16H,2-4,7,9H2,1H3. The maximum atomic E-state index is 11.9. The first-order chi connectivity index (χ1) is 9.66. The third-order valence-electron chi connectivity index (χ3n) is 3.90. The van der Waals surface area contributed by atoms with E-state index in [1.165, 1.54) is 13.5 Å². The Morgan fingerprint density at radius 3 is 2.80 bits per heavy atom. The van der Waals surface area contributed by atoms with E-state index in [0.717, 1.165) is 36.6 Å². The molecular weight excluding hydrogens is 256 g/mol. The Labute approximate surface area is 117 Å². The van der Waals surface area contributed by atoms with Gasteiger partial charge in [-0.05, 0) is 37.5 Å². The average Bonchev–Trinajstić information content (AvgIpc) is 2.71. The van der Waals surface area contributed by atoms with Crippen molar-refractivity contribution >= 4 is 17.5 Å². The lowest BCUT2D eigenvalue weighted by molar-refractivity contribution is 0.0247. The fourth-order valence-corrected chi connectivity index (χ4v) is 2.67. The first-order valence-corrected chi connectivity index (χ1v) is 6.99. The quantitative estimate of drug-likeness (QED) is 0.855. The van der Waals surface area contributed by atoms with Gasteiger partial charge in [-0.1, -0.05) is 0 Å². The number of anilines is 1. The van der Waals surface area contributed by atoms with Gasteiger partial charge < -0.3 is 10.1 Å². The minimum atomic E-state index is -0.234. The molecule has 1 aromatic rings. The number of ether oxygens (including phenoxy) is 1. The smallest absolute Gasteiger partial charge is 0.261 e. The van der Waals surface area contributed by atoms with Gasteiger partial charge in [0.2, 0.25) is 0 Å². The Morgan fingerprint density at radius 1 is 1.25 bits per heavy atom. The maximum Gasteiger partial charge on any atom is 0.261 e. The van der Waals surface area contributed by atoms with Crippen LogP contribution in [0.3, 0.4) is 0 Å². The predicted molar refractivity (Wildman–Crippen MR) is 74.9 cm³/mol. The van der Waals surface area contributed by atoms with E-state index in [0.29, 0.717) is 11.1 Å². The number of carbonyl (C=O) groups is 2. The number of benzene rings is 1. The molecule has 5 heteroatoms. The molecule has 1 fully saturated rings. The molecule has 0 bridgehead atoms. The summed E-state index contributed by atoms with van der Waals surface area (Å²) in [5, 5.41) is 3.29. The summed E-state index contributed by atoms with van der Waals surface area (Å²) >= 11 is 0. The Morgan fingerprint density at radius 2 is 2.05 bits per heavy atom. The first kappa shape index (κ1) is 13.1. The van der Waals surface area contributed by atoms with Gasteiger partial charge in [0.1, 0.15) is 0 Å². The molecule has 2 aliphatic heterocycles. The number of hydrogen-bond donors (Lipinski definition) is 1. The van der Waals surface area contributed by atoms with Crippen LogP contribution in [0.15, 0.2) is 18.2 Å². The van der Waals surface area contributed by atoms with Crippen LogP contribution < -0.4 is 5.32 Å². The molecule has 2 amide bonds. The molecule has 0 aromatic heterocycles. The number of nitrogens with zero attached hydrogens (tertiary/aromatic N) is 1. The molecule has 1 N–H and O–H groups in total. The van der Waals surface area contributed by atoms with E-state index in [1.807, 2.05) is 6.07 Å². The van der Waals surface area contributed by atoms with Crippen molar-refractivity contribution in [2.75, 3.05) is 25.5 Å². The fourth-order valence-electron chi connectivity index (χ4n) is 2.67. The van der Waals surface area contributed by atoms with Crippen LogP contribution in [0.25, 0.3) is 0 Å². The van der Waals surface area contributed by atoms with E-state index < -0.39 is 0 Å². The number of amides is 2. The van der Waals surface area contributed by atoms with Gasteiger partial charge in [-0.2, -0.15) is 0 Å². The molecule has 0 spiro atoms. The van der Waals surface area contributed by atoms with Crippen LogP contribution in [0.1, 0.15) is 40.0 Å². The topological polar surface area (TPSA) is 58.6 Å². The molecule has 2 heterocycles. The summed E-state index contributed by atoms with van der Waals surface area (Å²) in [6, 6.07) is 5.30. The lowest BCUT2D eigenvalue weighted by atomic mass is 10.1. The van der Waals surface area contributed by atoms with E-state index in [-0.39, 0.29) is 17.9 Å². The highest BCUT2D eigenvalue weighted by molar-refractivity contribution is 6.21. The Balaban J connectivity index is 1.70. The molecule has 5 nitrogen and oxygen atoms in total. The number of fused-ring (bicyclic) bond motifs is 1. The monoisotopic (exact) mass is 274 g/mol. The fraction of sp³-hybridized carbons (Fsp3) is 0.467. The summed E-state index contributed by atoms with van der Waals surface area (Å²) in [5.74, 6) is -0.463. The van der Waals surface area contributed by atoms with Crippen LogP contribution in [0.5, 0.6) is 0 Å². The highest BCUT2D eigenvalue weighted by Gasteiger charge is 2.32. The number of hydrogen-bond acceptors (Lipinski definition) is 4. The van der Waals surface area contributed by atoms with Crippen LogP contribution in [0.2, 0.25) is 0 Å². The van der Waals surface area contributed by atoms with Gasteiger partial charge in [-0.25, -0.2) is 0 Å². The van der Waals surface area contributed by atoms with E-state index in [4.69, 9.17) is 4.74 Å². The average molecular weight is 274 g/mol. The van der Waals surface area contributed by atoms with Gasteiger partial charge in [0.05, 0.1) is 17.2 Å². The highest BCUT2D eigenvalue weighted by Crippen LogP contribution is 2.25. The van der Waals surface area contributed by atoms with Crippen molar-refractivity contribution in [1.29, 1.82) is 0 Å². The molecule has 106 valence electrons. The molecule has 1 unspecified atom stereocenters. The molecule has 1 saturated heterocycles. The summed E-state index contributed by atoms with van der Waals surface area (Å²) in [6.07, 6.45) is 3.64. The number of imide groups is 1. The van der Waals surface area contributed by atoms with Crippen molar-refractivity contribution in [1.82, 2.24) is 4.90 Å². The molecule has 0 aliphatic carbocycles. The van der Waals surface area contributed by atoms with E-state index in [9.17, 15) is 9.59 Å². The normalized spacial score (nSPS) is 22.1. The summed E-state index contributed by atoms with van der Waals surface area (Å²) < 4.78 is 5.66. The van der Waals surface area contributed by atoms with Gasteiger partial charge in [0.15, 0.2) is 0 Å². The molecule has 3 rings (SSSR count). The van der Waals surface area contributed by atoms with E-state index in [2.05, 4.69) is 5.32 Å². The lowest BCUT2D eigenvalue weighted by Crippen LogP contribution is -2.27. The third kappa shape index (κ3) is 2.29. The molecule has 0 saturated carbocycles. The highest BCUT2D eigenvalue weighted by atomic mass is 16.5. The predicted octanol–water partition coefficient (Wildman–Crippen LogP) is 1.89. The van der Waals surface area contributed by atoms with Crippen molar-refractivity contribution in [3.63, 3.8) is 0 Å². The molecule has 1 atom stereocenters. The lowest BCUT2D eigenvalue weighted by Gasteiger charge is -2.23. The summed E-state index contributed by atoms with van der Waals surface area (Å²) in [5.41, 5.74) is 1.82. The van der Waals surface area contributed by atoms with Crippen LogP contribution in [-0.4, -0.2) is 43.0 Å². The van der Waals surface area contributed by atoms with Crippen LogP contribution in [-0.2, 0) is 4.74 Å². The van der Waals surface area contributed by atoms with Gasteiger partial charge in [-0.3, -0.25) is 14.5 Å². The summed E-state index contributed by atoms with van der Waals surface area (Å²) in [7, 11) is 1.51. The van der Waals surface area contributed by atoms with Crippen LogP contribution >= 0.6 is 0 Å². The van der Waals surface area contributed by atoms with E-state index >= 15 is 0 Å². The SMILES string of the molecule is CN1C(=O)c2ccc(NCC3CCCCO3)cc2C1=O. The van der Waals surface area contributed by atoms with Gasteiger partial charge in [0.25, 0.3) is 11.8 Å². The van der Waals surface area contributed by atoms with Crippen molar-refractivity contribution in [3.8, 4) is 0 Å². The van der Waals surface area contributed by atoms with Gasteiger partial charge >= 0.3 is 0 Å². The zero-order chi connectivity index (χ0) is 14.1. The number of rotatable bonds is 3. The zero-order valence-corrected chi connectivity index (χ0v) is 11.5. The second kappa shape index (κ2) is 5.25. The minimum absolute atomic E-state index is 0.229. The van der Waals surface area contributed by atoms with Crippen molar-refractivity contribution < 1.29 is 14.3 Å². The molecule has 1 aromatic carbocycles. The van der Waals surface area contributed by atoms with Crippen molar-refractivity contribution in [2.45, 2.75) is 25.4 Å². The van der Waals surface area contributed by atoms with Crippen LogP contribution in [0, 0.1) is 0 Å². The second-order valence-corrected chi connectivity index (χ2v) is 5.30. The second-order valence-electron chi connectivity index (χ2n) is 5.30. The van der Waals surface area contributed by atoms with Gasteiger partial charge in [0, 0.05) is 25.9 Å². The summed E-state index contributed by atoms with van der Waals surface area (Å²) in [4.78, 5) is 24.9. The van der Waals surface area contributed by atoms with E-state index in [1.54, 1.807) is 12.1 Å². The Hall–Kier alpha value is -1.88. The first-order valence-electron chi connectivity index (χ1n) is 6.99. The Bertz CT molecular complexity index is 550. The maximum absolute atomic E-state index is 11.9. The third-order valence-corrected chi connectivity index (χ3v) is 3.90. The number of nitrogens with one attached hydrogen (secondary N) is 1. The molecule has 0 radical (unpaired) electrons. The summed E-state index contributed by atoms with van der Waals surface area (Å²) in [6.45, 7) is 1.56. The molecule has 2 aliphatic rings. The molecule has 20 heavy (non-hydrogen) atoms. The zero-order valence-electron chi connectivity index (χ0n) is 11.5. The van der Waals surface area contributed by atoms with Crippen molar-refractivity contribution in [3.05, 3.63) is 29.3 Å².